The van der Waals surface area contributed by atoms with Gasteiger partial charge in [0.2, 0.25) is 5.91 Å². The number of para-hydroxylation sites is 1. The Morgan fingerprint density at radius 3 is 2.71 bits per heavy atom. The van der Waals surface area contributed by atoms with Crippen molar-refractivity contribution in [2.75, 3.05) is 16.8 Å². The van der Waals surface area contributed by atoms with Gasteiger partial charge in [-0.3, -0.25) is 10.1 Å². The minimum Gasteiger partial charge on any atom is -0.410 e. The van der Waals surface area contributed by atoms with Gasteiger partial charge in [-0.25, -0.2) is 4.79 Å². The molecule has 0 unspecified atom stereocenters. The highest BCUT2D eigenvalue weighted by Crippen LogP contribution is 2.30. The van der Waals surface area contributed by atoms with E-state index >= 15 is 0 Å². The molecule has 0 aromatic heterocycles. The molecule has 5 nitrogen and oxygen atoms in total. The van der Waals surface area contributed by atoms with E-state index in [1.54, 1.807) is 29.2 Å². The molecular weight excluding hydrogens is 304 g/mol. The Hall–Kier alpha value is -2.82. The summed E-state index contributed by atoms with van der Waals surface area (Å²) in [5, 5.41) is 2.72. The summed E-state index contributed by atoms with van der Waals surface area (Å²) in [7, 11) is 0. The number of benzene rings is 2. The number of anilines is 2. The van der Waals surface area contributed by atoms with Crippen LogP contribution in [0.15, 0.2) is 48.5 Å². The Morgan fingerprint density at radius 2 is 1.96 bits per heavy atom. The van der Waals surface area contributed by atoms with E-state index in [1.807, 2.05) is 31.2 Å². The van der Waals surface area contributed by atoms with Crippen molar-refractivity contribution in [3.63, 3.8) is 0 Å². The van der Waals surface area contributed by atoms with Crippen LogP contribution in [0.3, 0.4) is 0 Å². The van der Waals surface area contributed by atoms with Crippen LogP contribution in [0, 0.1) is 0 Å². The lowest BCUT2D eigenvalue weighted by molar-refractivity contribution is -0.118. The van der Waals surface area contributed by atoms with Gasteiger partial charge in [0.15, 0.2) is 0 Å². The fraction of sp³-hybridized carbons (Fsp3) is 0.263. The zero-order valence-corrected chi connectivity index (χ0v) is 13.6. The summed E-state index contributed by atoms with van der Waals surface area (Å²) >= 11 is 0. The number of nitrogens with one attached hydrogen (secondary N) is 1. The second kappa shape index (κ2) is 7.17. The molecule has 0 atom stereocenters. The monoisotopic (exact) mass is 324 g/mol. The van der Waals surface area contributed by atoms with Crippen molar-refractivity contribution in [2.24, 2.45) is 0 Å². The SMILES string of the molecule is CCC(=O)N1CCCc2ccc(NC(=O)Oc3ccccc3)cc21. The number of rotatable bonds is 3. The number of ether oxygens (including phenoxy) is 1. The normalized spacial score (nSPS) is 13.1. The second-order valence-corrected chi connectivity index (χ2v) is 5.67. The van der Waals surface area contributed by atoms with Crippen LogP contribution < -0.4 is 15.0 Å². The average molecular weight is 324 g/mol. The number of fused-ring (bicyclic) bond motifs is 1. The van der Waals surface area contributed by atoms with Crippen LogP contribution in [0.2, 0.25) is 0 Å². The minimum absolute atomic E-state index is 0.0972. The molecule has 1 aliphatic heterocycles. The second-order valence-electron chi connectivity index (χ2n) is 5.67. The lowest BCUT2D eigenvalue weighted by Crippen LogP contribution is -2.35. The summed E-state index contributed by atoms with van der Waals surface area (Å²) in [6.45, 7) is 2.58. The summed E-state index contributed by atoms with van der Waals surface area (Å²) < 4.78 is 5.23. The molecule has 1 N–H and O–H groups in total. The first kappa shape index (κ1) is 16.1. The molecule has 24 heavy (non-hydrogen) atoms. The topological polar surface area (TPSA) is 58.6 Å². The number of nitrogens with zero attached hydrogens (tertiary/aromatic N) is 1. The molecule has 1 heterocycles. The van der Waals surface area contributed by atoms with Gasteiger partial charge in [-0.1, -0.05) is 31.2 Å². The smallest absolute Gasteiger partial charge is 0.410 e. The molecule has 2 amide bonds. The Kier molecular flexibility index (Phi) is 4.79. The van der Waals surface area contributed by atoms with Gasteiger partial charge in [-0.15, -0.1) is 0 Å². The first-order valence-electron chi connectivity index (χ1n) is 8.14. The van der Waals surface area contributed by atoms with Crippen LogP contribution in [0.4, 0.5) is 16.2 Å². The molecule has 0 radical (unpaired) electrons. The predicted octanol–water partition coefficient (Wildman–Crippen LogP) is 3.99. The van der Waals surface area contributed by atoms with Crippen LogP contribution >= 0.6 is 0 Å². The molecule has 124 valence electrons. The molecule has 3 rings (SSSR count). The van der Waals surface area contributed by atoms with E-state index in [2.05, 4.69) is 5.32 Å². The van der Waals surface area contributed by atoms with Gasteiger partial charge in [0.05, 0.1) is 0 Å². The van der Waals surface area contributed by atoms with Crippen molar-refractivity contribution in [3.8, 4) is 5.75 Å². The fourth-order valence-electron chi connectivity index (χ4n) is 2.84. The standard InChI is InChI=1S/C19H20N2O3/c1-2-18(22)21-12-6-7-14-10-11-15(13-17(14)21)20-19(23)24-16-8-4-3-5-9-16/h3-5,8-11,13H,2,6-7,12H2,1H3,(H,20,23). The first-order chi connectivity index (χ1) is 11.7. The van der Waals surface area contributed by atoms with E-state index in [4.69, 9.17) is 4.74 Å². The maximum Gasteiger partial charge on any atom is 0.417 e. The number of hydrogen-bond acceptors (Lipinski definition) is 3. The maximum atomic E-state index is 12.1. The Balaban J connectivity index is 1.75. The Bertz CT molecular complexity index is 744. The highest BCUT2D eigenvalue weighted by molar-refractivity contribution is 5.96. The van der Waals surface area contributed by atoms with E-state index in [0.29, 0.717) is 17.9 Å². The number of carbonyl (C=O) groups is 2. The van der Waals surface area contributed by atoms with Crippen LogP contribution in [0.25, 0.3) is 0 Å². The Morgan fingerprint density at radius 1 is 1.17 bits per heavy atom. The summed E-state index contributed by atoms with van der Waals surface area (Å²) in [6, 6.07) is 14.5. The van der Waals surface area contributed by atoms with E-state index < -0.39 is 6.09 Å². The van der Waals surface area contributed by atoms with E-state index in [0.717, 1.165) is 30.6 Å². The zero-order valence-electron chi connectivity index (χ0n) is 13.6. The summed E-state index contributed by atoms with van der Waals surface area (Å²) in [5.74, 6) is 0.579. The van der Waals surface area contributed by atoms with Gasteiger partial charge in [-0.2, -0.15) is 0 Å². The van der Waals surface area contributed by atoms with Crippen molar-refractivity contribution < 1.29 is 14.3 Å². The van der Waals surface area contributed by atoms with Crippen LogP contribution in [0.5, 0.6) is 5.75 Å². The highest BCUT2D eigenvalue weighted by Gasteiger charge is 2.22. The molecule has 0 saturated heterocycles. The number of aryl methyl sites for hydroxylation is 1. The lowest BCUT2D eigenvalue weighted by atomic mass is 10.0. The lowest BCUT2D eigenvalue weighted by Gasteiger charge is -2.29. The summed E-state index contributed by atoms with van der Waals surface area (Å²) in [6.07, 6.45) is 1.82. The molecule has 0 bridgehead atoms. The van der Waals surface area contributed by atoms with Crippen molar-refractivity contribution >= 4 is 23.4 Å². The number of amides is 2. The third-order valence-corrected chi connectivity index (χ3v) is 4.01. The third kappa shape index (κ3) is 3.56. The van der Waals surface area contributed by atoms with Crippen LogP contribution in [-0.2, 0) is 11.2 Å². The molecule has 0 spiro atoms. The predicted molar refractivity (Wildman–Crippen MR) is 93.5 cm³/mol. The highest BCUT2D eigenvalue weighted by atomic mass is 16.6. The van der Waals surface area contributed by atoms with Gasteiger partial charge in [0, 0.05) is 24.3 Å². The van der Waals surface area contributed by atoms with Gasteiger partial charge in [0.25, 0.3) is 0 Å². The van der Waals surface area contributed by atoms with E-state index in [1.165, 1.54) is 0 Å². The quantitative estimate of drug-likeness (QED) is 0.929. The van der Waals surface area contributed by atoms with Crippen molar-refractivity contribution in [1.82, 2.24) is 0 Å². The molecule has 0 fully saturated rings. The van der Waals surface area contributed by atoms with Gasteiger partial charge in [0.1, 0.15) is 5.75 Å². The van der Waals surface area contributed by atoms with Gasteiger partial charge < -0.3 is 9.64 Å². The molecule has 1 aliphatic rings. The van der Waals surface area contributed by atoms with E-state index in [-0.39, 0.29) is 5.91 Å². The van der Waals surface area contributed by atoms with E-state index in [9.17, 15) is 9.59 Å². The molecule has 2 aromatic rings. The summed E-state index contributed by atoms with van der Waals surface area (Å²) in [4.78, 5) is 25.9. The fourth-order valence-corrected chi connectivity index (χ4v) is 2.84. The van der Waals surface area contributed by atoms with Crippen LogP contribution in [0.1, 0.15) is 25.3 Å². The van der Waals surface area contributed by atoms with Crippen molar-refractivity contribution in [2.45, 2.75) is 26.2 Å². The minimum atomic E-state index is -0.551. The average Bonchev–Trinajstić information content (AvgIpc) is 2.61. The van der Waals surface area contributed by atoms with Crippen molar-refractivity contribution in [3.05, 3.63) is 54.1 Å². The molecule has 0 saturated carbocycles. The largest absolute Gasteiger partial charge is 0.417 e. The van der Waals surface area contributed by atoms with Gasteiger partial charge in [-0.05, 0) is 42.7 Å². The molecular formula is C19H20N2O3. The number of hydrogen-bond donors (Lipinski definition) is 1. The van der Waals surface area contributed by atoms with Gasteiger partial charge >= 0.3 is 6.09 Å². The third-order valence-electron chi connectivity index (χ3n) is 4.01. The maximum absolute atomic E-state index is 12.1. The van der Waals surface area contributed by atoms with Crippen LogP contribution in [-0.4, -0.2) is 18.5 Å². The zero-order chi connectivity index (χ0) is 16.9. The molecule has 2 aromatic carbocycles. The molecule has 0 aliphatic carbocycles. The molecule has 5 heteroatoms. The first-order valence-corrected chi connectivity index (χ1v) is 8.14. The Labute approximate surface area is 141 Å². The summed E-state index contributed by atoms with van der Waals surface area (Å²) in [5.41, 5.74) is 2.63. The number of carbonyl (C=O) groups excluding carboxylic acids is 2. The van der Waals surface area contributed by atoms with Crippen molar-refractivity contribution in [1.29, 1.82) is 0 Å².